The van der Waals surface area contributed by atoms with Crippen LogP contribution >= 0.6 is 11.6 Å². The lowest BCUT2D eigenvalue weighted by Crippen LogP contribution is -2.40. The highest BCUT2D eigenvalue weighted by Crippen LogP contribution is 2.45. The second-order valence-electron chi connectivity index (χ2n) is 8.60. The van der Waals surface area contributed by atoms with Crippen LogP contribution in [0.3, 0.4) is 0 Å². The van der Waals surface area contributed by atoms with E-state index >= 15 is 0 Å². The van der Waals surface area contributed by atoms with Gasteiger partial charge in [0, 0.05) is 12.1 Å². The number of carbonyl (C=O) groups excluding carboxylic acids is 2. The Morgan fingerprint density at radius 2 is 1.73 bits per heavy atom. The van der Waals surface area contributed by atoms with Crippen molar-refractivity contribution in [1.29, 1.82) is 0 Å². The van der Waals surface area contributed by atoms with E-state index in [-0.39, 0.29) is 28.7 Å². The van der Waals surface area contributed by atoms with Crippen LogP contribution in [0.5, 0.6) is 11.5 Å². The number of aryl methyl sites for hydroxylation is 1. The van der Waals surface area contributed by atoms with E-state index in [1.807, 2.05) is 31.2 Å². The Morgan fingerprint density at radius 1 is 1.03 bits per heavy atom. The zero-order chi connectivity index (χ0) is 23.7. The molecule has 0 bridgehead atoms. The van der Waals surface area contributed by atoms with Crippen molar-refractivity contribution in [3.63, 3.8) is 0 Å². The van der Waals surface area contributed by atoms with E-state index in [2.05, 4.69) is 0 Å². The zero-order valence-electron chi connectivity index (χ0n) is 19.1. The van der Waals surface area contributed by atoms with Crippen LogP contribution in [0.25, 0.3) is 5.76 Å². The Balaban J connectivity index is 1.94. The Kier molecular flexibility index (Phi) is 6.66. The van der Waals surface area contributed by atoms with Crippen molar-refractivity contribution < 1.29 is 24.2 Å². The summed E-state index contributed by atoms with van der Waals surface area (Å²) in [5.41, 5.74) is 2.10. The number of methoxy groups -OCH3 is 2. The van der Waals surface area contributed by atoms with Gasteiger partial charge in [0.05, 0.1) is 36.4 Å². The SMILES string of the molecule is COc1cc(/C(O)=C2\C(=O)C(=O)N(C3CCCCC3)C2c2cccc(C)c2)c(OC)cc1Cl. The zero-order valence-corrected chi connectivity index (χ0v) is 19.8. The fraction of sp³-hybridized carbons (Fsp3) is 0.385. The molecule has 6 nitrogen and oxygen atoms in total. The molecule has 1 saturated carbocycles. The quantitative estimate of drug-likeness (QED) is 0.359. The number of ketones is 1. The van der Waals surface area contributed by atoms with Gasteiger partial charge in [0.15, 0.2) is 0 Å². The Hall–Kier alpha value is -2.99. The predicted molar refractivity (Wildman–Crippen MR) is 127 cm³/mol. The summed E-state index contributed by atoms with van der Waals surface area (Å²) in [6, 6.07) is 10.0. The van der Waals surface area contributed by atoms with Gasteiger partial charge in [0.25, 0.3) is 11.7 Å². The Labute approximate surface area is 198 Å². The molecule has 2 aromatic rings. The number of benzene rings is 2. The standard InChI is InChI=1S/C26H28ClNO5/c1-15-8-7-9-16(12-15)23-22(25(30)26(31)28(23)17-10-5-4-6-11-17)24(29)18-13-21(33-3)19(27)14-20(18)32-2/h7-9,12-14,17,23,29H,4-6,10-11H2,1-3H3/b24-22+. The number of aliphatic hydroxyl groups is 1. The van der Waals surface area contributed by atoms with Gasteiger partial charge in [-0.1, -0.05) is 60.7 Å². The molecule has 1 saturated heterocycles. The number of carbonyl (C=O) groups is 2. The monoisotopic (exact) mass is 469 g/mol. The normalized spacial score (nSPS) is 20.8. The summed E-state index contributed by atoms with van der Waals surface area (Å²) in [5.74, 6) is -0.960. The number of hydrogen-bond acceptors (Lipinski definition) is 5. The highest BCUT2D eigenvalue weighted by atomic mass is 35.5. The van der Waals surface area contributed by atoms with Gasteiger partial charge in [-0.2, -0.15) is 0 Å². The molecular weight excluding hydrogens is 442 g/mol. The van der Waals surface area contributed by atoms with Crippen molar-refractivity contribution >= 4 is 29.1 Å². The average Bonchev–Trinajstić information content (AvgIpc) is 3.09. The number of hydrogen-bond donors (Lipinski definition) is 1. The fourth-order valence-corrected chi connectivity index (χ4v) is 5.17. The molecule has 4 rings (SSSR count). The molecule has 0 aromatic heterocycles. The lowest BCUT2D eigenvalue weighted by atomic mass is 9.90. The maximum atomic E-state index is 13.4. The minimum Gasteiger partial charge on any atom is -0.507 e. The number of ether oxygens (including phenoxy) is 2. The van der Waals surface area contributed by atoms with Crippen LogP contribution < -0.4 is 9.47 Å². The molecule has 1 aliphatic heterocycles. The summed E-state index contributed by atoms with van der Waals surface area (Å²) < 4.78 is 10.7. The highest BCUT2D eigenvalue weighted by Gasteiger charge is 2.49. The molecule has 1 N–H and O–H groups in total. The molecule has 7 heteroatoms. The summed E-state index contributed by atoms with van der Waals surface area (Å²) in [6.45, 7) is 1.96. The van der Waals surface area contributed by atoms with Crippen LogP contribution in [0.1, 0.15) is 54.8 Å². The molecule has 2 aliphatic rings. The van der Waals surface area contributed by atoms with Gasteiger partial charge >= 0.3 is 0 Å². The van der Waals surface area contributed by atoms with E-state index in [1.54, 1.807) is 4.90 Å². The van der Waals surface area contributed by atoms with Crippen LogP contribution in [0.15, 0.2) is 42.0 Å². The molecule has 0 spiro atoms. The number of aliphatic hydroxyl groups excluding tert-OH is 1. The van der Waals surface area contributed by atoms with Crippen LogP contribution in [0.4, 0.5) is 0 Å². The maximum absolute atomic E-state index is 13.4. The summed E-state index contributed by atoms with van der Waals surface area (Å²) in [6.07, 6.45) is 4.82. The van der Waals surface area contributed by atoms with Gasteiger partial charge in [-0.05, 0) is 31.4 Å². The number of amides is 1. The van der Waals surface area contributed by atoms with Crippen molar-refractivity contribution in [3.8, 4) is 11.5 Å². The fourth-order valence-electron chi connectivity index (χ4n) is 4.94. The topological polar surface area (TPSA) is 76.1 Å². The van der Waals surface area contributed by atoms with Gasteiger partial charge in [0.1, 0.15) is 17.3 Å². The van der Waals surface area contributed by atoms with E-state index in [1.165, 1.54) is 26.4 Å². The van der Waals surface area contributed by atoms with E-state index in [4.69, 9.17) is 21.1 Å². The van der Waals surface area contributed by atoms with Crippen molar-refractivity contribution in [2.24, 2.45) is 0 Å². The summed E-state index contributed by atoms with van der Waals surface area (Å²) in [4.78, 5) is 28.3. The van der Waals surface area contributed by atoms with Crippen molar-refractivity contribution in [2.75, 3.05) is 14.2 Å². The summed E-state index contributed by atoms with van der Waals surface area (Å²) >= 11 is 6.23. The van der Waals surface area contributed by atoms with Gasteiger partial charge in [-0.15, -0.1) is 0 Å². The minimum atomic E-state index is -0.694. The molecule has 1 atom stereocenters. The van der Waals surface area contributed by atoms with E-state index < -0.39 is 17.7 Å². The van der Waals surface area contributed by atoms with Crippen LogP contribution in [0, 0.1) is 6.92 Å². The van der Waals surface area contributed by atoms with Crippen molar-refractivity contribution in [2.45, 2.75) is 51.1 Å². The van der Waals surface area contributed by atoms with Crippen LogP contribution in [0.2, 0.25) is 5.02 Å². The van der Waals surface area contributed by atoms with Gasteiger partial charge in [-0.3, -0.25) is 9.59 Å². The molecule has 1 unspecified atom stereocenters. The molecule has 33 heavy (non-hydrogen) atoms. The Morgan fingerprint density at radius 3 is 2.36 bits per heavy atom. The second kappa shape index (κ2) is 9.48. The molecule has 2 aromatic carbocycles. The number of likely N-dealkylation sites (tertiary alicyclic amines) is 1. The molecule has 1 aliphatic carbocycles. The third-order valence-corrected chi connectivity index (χ3v) is 6.83. The first kappa shape index (κ1) is 23.2. The van der Waals surface area contributed by atoms with Crippen LogP contribution in [-0.4, -0.2) is 42.0 Å². The lowest BCUT2D eigenvalue weighted by Gasteiger charge is -2.35. The molecule has 0 radical (unpaired) electrons. The first-order valence-electron chi connectivity index (χ1n) is 11.2. The summed E-state index contributed by atoms with van der Waals surface area (Å²) in [5, 5.41) is 11.8. The van der Waals surface area contributed by atoms with E-state index in [0.29, 0.717) is 10.8 Å². The van der Waals surface area contributed by atoms with Crippen molar-refractivity contribution in [1.82, 2.24) is 4.90 Å². The van der Waals surface area contributed by atoms with E-state index in [9.17, 15) is 14.7 Å². The molecule has 2 fully saturated rings. The first-order valence-corrected chi connectivity index (χ1v) is 11.5. The van der Waals surface area contributed by atoms with Gasteiger partial charge in [-0.25, -0.2) is 0 Å². The molecule has 1 amide bonds. The molecule has 1 heterocycles. The smallest absolute Gasteiger partial charge is 0.295 e. The maximum Gasteiger partial charge on any atom is 0.295 e. The number of nitrogens with zero attached hydrogens (tertiary/aromatic N) is 1. The minimum absolute atomic E-state index is 0.0485. The predicted octanol–water partition coefficient (Wildman–Crippen LogP) is 5.42. The van der Waals surface area contributed by atoms with Gasteiger partial charge in [0.2, 0.25) is 0 Å². The third-order valence-electron chi connectivity index (χ3n) is 6.54. The number of rotatable bonds is 5. The van der Waals surface area contributed by atoms with Crippen LogP contribution in [-0.2, 0) is 9.59 Å². The number of Topliss-reactive ketones (excluding diaryl/α,β-unsaturated/α-hetero) is 1. The van der Waals surface area contributed by atoms with E-state index in [0.717, 1.165) is 43.2 Å². The lowest BCUT2D eigenvalue weighted by molar-refractivity contribution is -0.141. The Bertz CT molecular complexity index is 1120. The highest BCUT2D eigenvalue weighted by molar-refractivity contribution is 6.46. The molecule has 174 valence electrons. The largest absolute Gasteiger partial charge is 0.507 e. The third kappa shape index (κ3) is 4.20. The van der Waals surface area contributed by atoms with Crippen molar-refractivity contribution in [3.05, 3.63) is 63.7 Å². The average molecular weight is 470 g/mol. The molecular formula is C26H28ClNO5. The summed E-state index contributed by atoms with van der Waals surface area (Å²) in [7, 11) is 2.92. The second-order valence-corrected chi connectivity index (χ2v) is 9.01. The first-order chi connectivity index (χ1) is 15.9. The van der Waals surface area contributed by atoms with Gasteiger partial charge < -0.3 is 19.5 Å². The number of halogens is 1.